The van der Waals surface area contributed by atoms with Crippen LogP contribution < -0.4 is 11.1 Å². The van der Waals surface area contributed by atoms with E-state index in [0.717, 1.165) is 25.1 Å². The van der Waals surface area contributed by atoms with Crippen LogP contribution in [0.25, 0.3) is 0 Å². The summed E-state index contributed by atoms with van der Waals surface area (Å²) in [5, 5.41) is 3.16. The van der Waals surface area contributed by atoms with Gasteiger partial charge in [0.05, 0.1) is 0 Å². The van der Waals surface area contributed by atoms with Gasteiger partial charge in [-0.2, -0.15) is 0 Å². The summed E-state index contributed by atoms with van der Waals surface area (Å²) in [4.78, 5) is 5.63. The molecule has 0 amide bonds. The molecule has 0 aliphatic carbocycles. The van der Waals surface area contributed by atoms with Crippen molar-refractivity contribution in [3.05, 3.63) is 28.7 Å². The molecular weight excluding hydrogens is 334 g/mol. The molecule has 0 fully saturated rings. The summed E-state index contributed by atoms with van der Waals surface area (Å²) in [6.45, 7) is 7.00. The Hall–Kier alpha value is -0.680. The first kappa shape index (κ1) is 17.4. The van der Waals surface area contributed by atoms with E-state index in [1.54, 1.807) is 0 Å². The number of guanidine groups is 1. The van der Waals surface area contributed by atoms with E-state index in [9.17, 15) is 0 Å². The Morgan fingerprint density at radius 1 is 1.30 bits per heavy atom. The monoisotopic (exact) mass is 357 g/mol. The first-order valence-electron chi connectivity index (χ1n) is 6.84. The van der Waals surface area contributed by atoms with Crippen LogP contribution in [0.1, 0.15) is 33.6 Å². The van der Waals surface area contributed by atoms with Gasteiger partial charge in [-0.3, -0.25) is 4.99 Å². The third-order valence-electron chi connectivity index (χ3n) is 2.43. The van der Waals surface area contributed by atoms with E-state index in [0.29, 0.717) is 5.96 Å². The molecule has 1 aromatic rings. The number of hydrogen-bond acceptors (Lipinski definition) is 2. The molecule has 0 heterocycles. The Balaban J connectivity index is 2.17. The van der Waals surface area contributed by atoms with Gasteiger partial charge in [0.15, 0.2) is 5.96 Å². The number of halogens is 1. The molecule has 0 aliphatic heterocycles. The fourth-order valence-corrected chi connectivity index (χ4v) is 3.16. The van der Waals surface area contributed by atoms with E-state index in [4.69, 9.17) is 5.73 Å². The lowest BCUT2D eigenvalue weighted by Gasteiger charge is -2.20. The van der Waals surface area contributed by atoms with Crippen molar-refractivity contribution >= 4 is 33.7 Å². The summed E-state index contributed by atoms with van der Waals surface area (Å²) in [5.74, 6) is 1.64. The molecule has 0 radical (unpaired) electrons. The van der Waals surface area contributed by atoms with Crippen molar-refractivity contribution in [2.24, 2.45) is 10.7 Å². The maximum absolute atomic E-state index is 5.81. The van der Waals surface area contributed by atoms with Crippen molar-refractivity contribution in [3.8, 4) is 0 Å². The Labute approximate surface area is 134 Å². The number of hydrogen-bond donors (Lipinski definition) is 2. The summed E-state index contributed by atoms with van der Waals surface area (Å²) in [5.41, 5.74) is 5.79. The number of nitrogens with zero attached hydrogens (tertiary/aromatic N) is 1. The minimum absolute atomic E-state index is 0.0248. The second-order valence-corrected chi connectivity index (χ2v) is 7.62. The van der Waals surface area contributed by atoms with Crippen molar-refractivity contribution in [1.82, 2.24) is 5.32 Å². The second kappa shape index (κ2) is 8.57. The van der Waals surface area contributed by atoms with Gasteiger partial charge in [0.2, 0.25) is 0 Å². The van der Waals surface area contributed by atoms with E-state index in [2.05, 4.69) is 65.2 Å². The average Bonchev–Trinajstić information content (AvgIpc) is 2.33. The summed E-state index contributed by atoms with van der Waals surface area (Å²) < 4.78 is 1.17. The molecule has 0 saturated heterocycles. The summed E-state index contributed by atoms with van der Waals surface area (Å²) in [6, 6.07) is 8.31. The van der Waals surface area contributed by atoms with Crippen LogP contribution in [0.2, 0.25) is 0 Å². The van der Waals surface area contributed by atoms with Crippen LogP contribution in [0.4, 0.5) is 0 Å². The highest BCUT2D eigenvalue weighted by molar-refractivity contribution is 9.10. The van der Waals surface area contributed by atoms with Gasteiger partial charge in [-0.1, -0.05) is 12.1 Å². The van der Waals surface area contributed by atoms with Crippen LogP contribution in [-0.2, 0) is 0 Å². The molecule has 0 saturated carbocycles. The summed E-state index contributed by atoms with van der Waals surface area (Å²) in [6.07, 6.45) is 2.20. The molecule has 3 N–H and O–H groups in total. The number of nitrogens with one attached hydrogen (secondary N) is 1. The van der Waals surface area contributed by atoms with Gasteiger partial charge in [-0.15, -0.1) is 11.8 Å². The Morgan fingerprint density at radius 2 is 2.00 bits per heavy atom. The lowest BCUT2D eigenvalue weighted by molar-refractivity contribution is 0.508. The summed E-state index contributed by atoms with van der Waals surface area (Å²) >= 11 is 5.43. The van der Waals surface area contributed by atoms with Crippen molar-refractivity contribution < 1.29 is 0 Å². The third kappa shape index (κ3) is 7.80. The lowest BCUT2D eigenvalue weighted by Crippen LogP contribution is -2.45. The number of rotatable bonds is 6. The largest absolute Gasteiger partial charge is 0.370 e. The third-order valence-corrected chi connectivity index (χ3v) is 4.55. The number of aliphatic imine (C=N–C) groups is 1. The molecule has 0 unspecified atom stereocenters. The zero-order valence-electron chi connectivity index (χ0n) is 12.4. The smallest absolute Gasteiger partial charge is 0.188 e. The van der Waals surface area contributed by atoms with Crippen molar-refractivity contribution in [1.29, 1.82) is 0 Å². The molecule has 0 aromatic heterocycles. The van der Waals surface area contributed by atoms with E-state index in [1.807, 2.05) is 17.8 Å². The number of unbranched alkanes of at least 4 members (excludes halogenated alkanes) is 1. The topological polar surface area (TPSA) is 50.4 Å². The molecule has 112 valence electrons. The van der Waals surface area contributed by atoms with Gasteiger partial charge in [0.1, 0.15) is 0 Å². The molecule has 1 aromatic carbocycles. The second-order valence-electron chi connectivity index (χ2n) is 5.63. The fourth-order valence-electron chi connectivity index (χ4n) is 1.58. The minimum Gasteiger partial charge on any atom is -0.370 e. The van der Waals surface area contributed by atoms with Gasteiger partial charge >= 0.3 is 0 Å². The van der Waals surface area contributed by atoms with Gasteiger partial charge in [0.25, 0.3) is 0 Å². The molecule has 1 rings (SSSR count). The first-order valence-corrected chi connectivity index (χ1v) is 8.62. The Kier molecular flexibility index (Phi) is 7.45. The average molecular weight is 358 g/mol. The van der Waals surface area contributed by atoms with E-state index in [1.165, 1.54) is 9.37 Å². The Morgan fingerprint density at radius 3 is 2.65 bits per heavy atom. The van der Waals surface area contributed by atoms with Crippen LogP contribution in [0.3, 0.4) is 0 Å². The predicted molar refractivity (Wildman–Crippen MR) is 93.5 cm³/mol. The standard InChI is InChI=1S/C15H24BrN3S/c1-15(2,3)19-14(17)18-10-6-7-11-20-13-9-5-4-8-12(13)16/h4-5,8-9H,6-7,10-11H2,1-3H3,(H3,17,18,19). The number of thioether (sulfide) groups is 1. The van der Waals surface area contributed by atoms with Crippen LogP contribution in [0.15, 0.2) is 38.6 Å². The zero-order valence-corrected chi connectivity index (χ0v) is 14.9. The van der Waals surface area contributed by atoms with Crippen LogP contribution >= 0.6 is 27.7 Å². The molecule has 0 aliphatic rings. The van der Waals surface area contributed by atoms with Crippen molar-refractivity contribution in [2.75, 3.05) is 12.3 Å². The minimum atomic E-state index is -0.0248. The highest BCUT2D eigenvalue weighted by Crippen LogP contribution is 2.27. The molecule has 0 bridgehead atoms. The molecule has 20 heavy (non-hydrogen) atoms. The van der Waals surface area contributed by atoms with Crippen LogP contribution in [0.5, 0.6) is 0 Å². The molecule has 5 heteroatoms. The van der Waals surface area contributed by atoms with Gasteiger partial charge < -0.3 is 11.1 Å². The van der Waals surface area contributed by atoms with Gasteiger partial charge in [-0.25, -0.2) is 0 Å². The predicted octanol–water partition coefficient (Wildman–Crippen LogP) is 4.02. The number of nitrogens with two attached hydrogens (primary N) is 1. The molecule has 0 atom stereocenters. The normalized spacial score (nSPS) is 12.5. The van der Waals surface area contributed by atoms with E-state index < -0.39 is 0 Å². The maximum Gasteiger partial charge on any atom is 0.188 e. The SMILES string of the molecule is CC(C)(C)NC(N)=NCCCCSc1ccccc1Br. The number of benzene rings is 1. The molecular formula is C15H24BrN3S. The summed E-state index contributed by atoms with van der Waals surface area (Å²) in [7, 11) is 0. The van der Waals surface area contributed by atoms with Gasteiger partial charge in [-0.05, 0) is 67.4 Å². The zero-order chi connectivity index (χ0) is 15.0. The fraction of sp³-hybridized carbons (Fsp3) is 0.533. The quantitative estimate of drug-likeness (QED) is 0.349. The highest BCUT2D eigenvalue weighted by atomic mass is 79.9. The van der Waals surface area contributed by atoms with Crippen LogP contribution in [0, 0.1) is 0 Å². The van der Waals surface area contributed by atoms with Crippen molar-refractivity contribution in [2.45, 2.75) is 44.0 Å². The lowest BCUT2D eigenvalue weighted by atomic mass is 10.1. The van der Waals surface area contributed by atoms with Crippen molar-refractivity contribution in [3.63, 3.8) is 0 Å². The highest BCUT2D eigenvalue weighted by Gasteiger charge is 2.09. The molecule has 0 spiro atoms. The van der Waals surface area contributed by atoms with Crippen LogP contribution in [-0.4, -0.2) is 23.8 Å². The molecule has 3 nitrogen and oxygen atoms in total. The first-order chi connectivity index (χ1) is 9.38. The van der Waals surface area contributed by atoms with E-state index in [-0.39, 0.29) is 5.54 Å². The Bertz CT molecular complexity index is 441. The van der Waals surface area contributed by atoms with E-state index >= 15 is 0 Å². The van der Waals surface area contributed by atoms with Gasteiger partial charge in [0, 0.05) is 21.5 Å². The maximum atomic E-state index is 5.81.